The minimum atomic E-state index is 0.542. The molecule has 0 aromatic carbocycles. The van der Waals surface area contributed by atoms with E-state index in [-0.39, 0.29) is 0 Å². The van der Waals surface area contributed by atoms with Gasteiger partial charge in [0.15, 0.2) is 0 Å². The van der Waals surface area contributed by atoms with Crippen molar-refractivity contribution in [3.63, 3.8) is 0 Å². The maximum atomic E-state index is 4.36. The summed E-state index contributed by atoms with van der Waals surface area (Å²) in [4.78, 5) is 0.564. The maximum Gasteiger partial charge on any atom is 0.0653 e. The number of aryl methyl sites for hydroxylation is 1. The number of rotatable bonds is 3. The van der Waals surface area contributed by atoms with Crippen molar-refractivity contribution in [3.05, 3.63) is 18.0 Å². The second-order valence-corrected chi connectivity index (χ2v) is 4.89. The minimum Gasteiger partial charge on any atom is -0.276 e. The fraction of sp³-hybridized carbons (Fsp3) is 0.667. The van der Waals surface area contributed by atoms with Gasteiger partial charge in [0.05, 0.1) is 5.69 Å². The van der Waals surface area contributed by atoms with E-state index in [2.05, 4.69) is 40.9 Å². The Morgan fingerprint density at radius 1 is 1.58 bits per heavy atom. The molecule has 3 heteroatoms. The summed E-state index contributed by atoms with van der Waals surface area (Å²) >= 11 is 3.54. The molecule has 0 bridgehead atoms. The first kappa shape index (κ1) is 9.78. The Kier molecular flexibility index (Phi) is 3.32. The van der Waals surface area contributed by atoms with E-state index < -0.39 is 0 Å². The molecule has 1 aromatic rings. The van der Waals surface area contributed by atoms with Crippen LogP contribution in [0, 0.1) is 0 Å². The zero-order valence-corrected chi connectivity index (χ0v) is 9.37. The Balaban J connectivity index is 2.58. The van der Waals surface area contributed by atoms with E-state index in [1.807, 2.05) is 17.9 Å². The fourth-order valence-electron chi connectivity index (χ4n) is 1.30. The molecule has 2 nitrogen and oxygen atoms in total. The molecule has 0 radical (unpaired) electrons. The molecular formula is C9H15BrN2. The predicted octanol–water partition coefficient (Wildman–Crippen LogP) is 2.70. The molecule has 0 aliphatic rings. The summed E-state index contributed by atoms with van der Waals surface area (Å²) in [6.45, 7) is 4.37. The lowest BCUT2D eigenvalue weighted by Gasteiger charge is -2.09. The van der Waals surface area contributed by atoms with Crippen LogP contribution in [0.5, 0.6) is 0 Å². The number of hydrogen-bond donors (Lipinski definition) is 0. The average Bonchev–Trinajstić information content (AvgIpc) is 2.34. The van der Waals surface area contributed by atoms with Crippen LogP contribution >= 0.6 is 15.9 Å². The molecule has 0 saturated carbocycles. The SMILES string of the molecule is CC(Br)CC(C)c1ccn(C)n1. The lowest BCUT2D eigenvalue weighted by atomic mass is 10.0. The third-order valence-corrected chi connectivity index (χ3v) is 2.29. The Labute approximate surface area is 82.1 Å². The zero-order chi connectivity index (χ0) is 9.14. The lowest BCUT2D eigenvalue weighted by Crippen LogP contribution is -2.01. The first-order valence-electron chi connectivity index (χ1n) is 4.23. The van der Waals surface area contributed by atoms with Crippen molar-refractivity contribution in [3.8, 4) is 0 Å². The summed E-state index contributed by atoms with van der Waals surface area (Å²) in [6.07, 6.45) is 3.13. The molecule has 12 heavy (non-hydrogen) atoms. The molecule has 0 fully saturated rings. The number of nitrogens with zero attached hydrogens (tertiary/aromatic N) is 2. The van der Waals surface area contributed by atoms with Crippen molar-refractivity contribution in [1.29, 1.82) is 0 Å². The standard InChI is InChI=1S/C9H15BrN2/c1-7(6-8(2)10)9-4-5-12(3)11-9/h4-5,7-8H,6H2,1-3H3. The van der Waals surface area contributed by atoms with Crippen LogP contribution in [-0.2, 0) is 7.05 Å². The monoisotopic (exact) mass is 230 g/mol. The van der Waals surface area contributed by atoms with Gasteiger partial charge < -0.3 is 0 Å². The van der Waals surface area contributed by atoms with Crippen molar-refractivity contribution in [2.75, 3.05) is 0 Å². The molecule has 1 heterocycles. The summed E-state index contributed by atoms with van der Waals surface area (Å²) in [6, 6.07) is 2.08. The first-order chi connectivity index (χ1) is 5.59. The van der Waals surface area contributed by atoms with E-state index in [1.165, 1.54) is 5.69 Å². The van der Waals surface area contributed by atoms with Crippen LogP contribution < -0.4 is 0 Å². The third-order valence-electron chi connectivity index (χ3n) is 1.92. The largest absolute Gasteiger partial charge is 0.276 e. The Hall–Kier alpha value is -0.310. The van der Waals surface area contributed by atoms with Crippen LogP contribution in [0.25, 0.3) is 0 Å². The Morgan fingerprint density at radius 3 is 2.67 bits per heavy atom. The van der Waals surface area contributed by atoms with E-state index >= 15 is 0 Å². The molecule has 0 saturated heterocycles. The van der Waals surface area contributed by atoms with E-state index in [9.17, 15) is 0 Å². The van der Waals surface area contributed by atoms with Gasteiger partial charge in [0.1, 0.15) is 0 Å². The molecule has 1 rings (SSSR count). The average molecular weight is 231 g/mol. The van der Waals surface area contributed by atoms with Gasteiger partial charge in [0, 0.05) is 24.0 Å². The van der Waals surface area contributed by atoms with Crippen LogP contribution in [0.1, 0.15) is 31.9 Å². The highest BCUT2D eigenvalue weighted by Crippen LogP contribution is 2.21. The zero-order valence-electron chi connectivity index (χ0n) is 7.79. The highest BCUT2D eigenvalue weighted by Gasteiger charge is 2.10. The molecule has 0 aliphatic carbocycles. The normalized spacial score (nSPS) is 16.0. The summed E-state index contributed by atoms with van der Waals surface area (Å²) in [7, 11) is 1.95. The van der Waals surface area contributed by atoms with Gasteiger partial charge in [0.25, 0.3) is 0 Å². The molecule has 68 valence electrons. The van der Waals surface area contributed by atoms with Gasteiger partial charge in [-0.15, -0.1) is 0 Å². The molecule has 2 atom stereocenters. The van der Waals surface area contributed by atoms with Crippen molar-refractivity contribution in [2.45, 2.75) is 31.0 Å². The Morgan fingerprint density at radius 2 is 2.25 bits per heavy atom. The molecule has 0 amide bonds. The van der Waals surface area contributed by atoms with Crippen molar-refractivity contribution in [1.82, 2.24) is 9.78 Å². The van der Waals surface area contributed by atoms with Crippen LogP contribution in [0.4, 0.5) is 0 Å². The minimum absolute atomic E-state index is 0.542. The van der Waals surface area contributed by atoms with Crippen molar-refractivity contribution in [2.24, 2.45) is 7.05 Å². The fourth-order valence-corrected chi connectivity index (χ4v) is 1.86. The molecule has 1 aromatic heterocycles. The number of hydrogen-bond acceptors (Lipinski definition) is 1. The van der Waals surface area contributed by atoms with Crippen LogP contribution in [0.3, 0.4) is 0 Å². The number of halogens is 1. The highest BCUT2D eigenvalue weighted by atomic mass is 79.9. The van der Waals surface area contributed by atoms with E-state index in [0.717, 1.165) is 6.42 Å². The molecular weight excluding hydrogens is 216 g/mol. The van der Waals surface area contributed by atoms with Gasteiger partial charge in [-0.2, -0.15) is 5.10 Å². The summed E-state index contributed by atoms with van der Waals surface area (Å²) < 4.78 is 1.85. The van der Waals surface area contributed by atoms with Crippen LogP contribution in [0.2, 0.25) is 0 Å². The van der Waals surface area contributed by atoms with Gasteiger partial charge in [-0.05, 0) is 12.5 Å². The van der Waals surface area contributed by atoms with Gasteiger partial charge in [-0.1, -0.05) is 29.8 Å². The molecule has 0 N–H and O–H groups in total. The highest BCUT2D eigenvalue weighted by molar-refractivity contribution is 9.09. The molecule has 0 spiro atoms. The lowest BCUT2D eigenvalue weighted by molar-refractivity contribution is 0.637. The van der Waals surface area contributed by atoms with Crippen LogP contribution in [0.15, 0.2) is 12.3 Å². The second kappa shape index (κ2) is 4.08. The summed E-state index contributed by atoms with van der Waals surface area (Å²) in [5, 5.41) is 4.36. The van der Waals surface area contributed by atoms with Crippen molar-refractivity contribution < 1.29 is 0 Å². The number of alkyl halides is 1. The summed E-state index contributed by atoms with van der Waals surface area (Å²) in [5.41, 5.74) is 1.18. The van der Waals surface area contributed by atoms with Crippen molar-refractivity contribution >= 4 is 15.9 Å². The van der Waals surface area contributed by atoms with Crippen LogP contribution in [-0.4, -0.2) is 14.6 Å². The van der Waals surface area contributed by atoms with Gasteiger partial charge in [-0.25, -0.2) is 0 Å². The predicted molar refractivity (Wildman–Crippen MR) is 54.6 cm³/mol. The van der Waals surface area contributed by atoms with Gasteiger partial charge >= 0.3 is 0 Å². The molecule has 2 unspecified atom stereocenters. The first-order valence-corrected chi connectivity index (χ1v) is 5.14. The van der Waals surface area contributed by atoms with E-state index in [4.69, 9.17) is 0 Å². The number of aromatic nitrogens is 2. The summed E-state index contributed by atoms with van der Waals surface area (Å²) in [5.74, 6) is 0.542. The Bertz CT molecular complexity index is 242. The third kappa shape index (κ3) is 2.63. The second-order valence-electron chi connectivity index (χ2n) is 3.33. The van der Waals surface area contributed by atoms with Gasteiger partial charge in [0.2, 0.25) is 0 Å². The molecule has 0 aliphatic heterocycles. The van der Waals surface area contributed by atoms with E-state index in [1.54, 1.807) is 0 Å². The maximum absolute atomic E-state index is 4.36. The van der Waals surface area contributed by atoms with E-state index in [0.29, 0.717) is 10.7 Å². The van der Waals surface area contributed by atoms with Gasteiger partial charge in [-0.3, -0.25) is 4.68 Å². The quantitative estimate of drug-likeness (QED) is 0.731. The topological polar surface area (TPSA) is 17.8 Å². The smallest absolute Gasteiger partial charge is 0.0653 e.